The first-order valence-electron chi connectivity index (χ1n) is 8.31. The third-order valence-electron chi connectivity index (χ3n) is 3.94. The average Bonchev–Trinajstić information content (AvgIpc) is 2.44. The van der Waals surface area contributed by atoms with E-state index in [9.17, 15) is 9.18 Å². The minimum atomic E-state index is -0.658. The Morgan fingerprint density at radius 3 is 2.52 bits per heavy atom. The molecule has 1 aliphatic rings. The van der Waals surface area contributed by atoms with Crippen LogP contribution in [0, 0.1) is 5.82 Å². The third-order valence-corrected chi connectivity index (χ3v) is 4.23. The zero-order valence-corrected chi connectivity index (χ0v) is 14.5. The molecule has 4 nitrogen and oxygen atoms in total. The van der Waals surface area contributed by atoms with Gasteiger partial charge in [-0.3, -0.25) is 0 Å². The Kier molecular flexibility index (Phi) is 6.63. The molecular formula is C17H24ClFN2O2. The van der Waals surface area contributed by atoms with E-state index < -0.39 is 11.8 Å². The minimum absolute atomic E-state index is 0.0367. The fraction of sp³-hybridized carbons (Fsp3) is 0.647. The van der Waals surface area contributed by atoms with Crippen molar-refractivity contribution in [3.63, 3.8) is 0 Å². The molecule has 0 aliphatic heterocycles. The summed E-state index contributed by atoms with van der Waals surface area (Å²) in [4.78, 5) is 15.9. The maximum absolute atomic E-state index is 14.3. The summed E-state index contributed by atoms with van der Waals surface area (Å²) in [5.74, 6) is -1.12. The van der Waals surface area contributed by atoms with Crippen molar-refractivity contribution in [2.75, 3.05) is 5.32 Å². The number of aromatic nitrogens is 1. The number of pyridine rings is 1. The van der Waals surface area contributed by atoms with E-state index in [1.165, 1.54) is 19.3 Å². The number of ether oxygens (including phenoxy) is 1. The molecule has 0 radical (unpaired) electrons. The van der Waals surface area contributed by atoms with Crippen LogP contribution in [0.4, 0.5) is 10.2 Å². The van der Waals surface area contributed by atoms with Crippen LogP contribution in [-0.4, -0.2) is 23.1 Å². The van der Waals surface area contributed by atoms with Gasteiger partial charge in [0.2, 0.25) is 0 Å². The van der Waals surface area contributed by atoms with Crippen molar-refractivity contribution in [1.82, 2.24) is 4.98 Å². The second-order valence-corrected chi connectivity index (χ2v) is 6.66. The van der Waals surface area contributed by atoms with Crippen molar-refractivity contribution in [3.05, 3.63) is 22.6 Å². The summed E-state index contributed by atoms with van der Waals surface area (Å²) in [6.45, 7) is 3.44. The molecule has 23 heavy (non-hydrogen) atoms. The molecule has 0 atom stereocenters. The molecule has 1 saturated carbocycles. The van der Waals surface area contributed by atoms with E-state index in [0.29, 0.717) is 0 Å². The second-order valence-electron chi connectivity index (χ2n) is 6.30. The Morgan fingerprint density at radius 1 is 1.30 bits per heavy atom. The van der Waals surface area contributed by atoms with Gasteiger partial charge >= 0.3 is 5.97 Å². The van der Waals surface area contributed by atoms with E-state index in [0.717, 1.165) is 31.7 Å². The van der Waals surface area contributed by atoms with Crippen LogP contribution in [0.1, 0.15) is 69.2 Å². The van der Waals surface area contributed by atoms with Crippen LogP contribution in [0.15, 0.2) is 6.07 Å². The standard InChI is InChI=1S/C17H24ClFN2O2/c1-11(2)23-17(22)13-10-14(19)16(21-15(13)18)20-12-8-6-4-3-5-7-9-12/h10-12H,3-9H2,1-2H3,(H,20,21). The first kappa shape index (κ1) is 18.0. The predicted octanol–water partition coefficient (Wildman–Crippen LogP) is 4.96. The summed E-state index contributed by atoms with van der Waals surface area (Å²) in [6, 6.07) is 1.30. The number of rotatable bonds is 4. The average molecular weight is 343 g/mol. The van der Waals surface area contributed by atoms with Gasteiger partial charge in [-0.25, -0.2) is 14.2 Å². The Bertz CT molecular complexity index is 544. The van der Waals surface area contributed by atoms with Gasteiger partial charge in [-0.15, -0.1) is 0 Å². The Hall–Kier alpha value is -1.36. The molecule has 0 saturated heterocycles. The monoisotopic (exact) mass is 342 g/mol. The number of esters is 1. The molecule has 1 N–H and O–H groups in total. The first-order valence-corrected chi connectivity index (χ1v) is 8.68. The number of nitrogens with one attached hydrogen (secondary N) is 1. The maximum atomic E-state index is 14.3. The van der Waals surface area contributed by atoms with Crippen LogP contribution >= 0.6 is 11.6 Å². The van der Waals surface area contributed by atoms with Gasteiger partial charge in [0.25, 0.3) is 0 Å². The predicted molar refractivity (Wildman–Crippen MR) is 89.5 cm³/mol. The summed E-state index contributed by atoms with van der Waals surface area (Å²) in [5, 5.41) is 3.11. The van der Waals surface area contributed by atoms with Crippen molar-refractivity contribution in [2.24, 2.45) is 0 Å². The molecule has 0 aromatic carbocycles. The summed E-state index contributed by atoms with van der Waals surface area (Å²) in [5.41, 5.74) is -0.0407. The Morgan fingerprint density at radius 2 is 1.91 bits per heavy atom. The molecule has 0 unspecified atom stereocenters. The van der Waals surface area contributed by atoms with E-state index >= 15 is 0 Å². The summed E-state index contributed by atoms with van der Waals surface area (Å²) >= 11 is 6.04. The molecule has 6 heteroatoms. The molecule has 1 aromatic heterocycles. The number of hydrogen-bond acceptors (Lipinski definition) is 4. The molecule has 1 heterocycles. The van der Waals surface area contributed by atoms with Crippen LogP contribution in [0.25, 0.3) is 0 Å². The van der Waals surface area contributed by atoms with Gasteiger partial charge in [0, 0.05) is 6.04 Å². The molecular weight excluding hydrogens is 319 g/mol. The van der Waals surface area contributed by atoms with Gasteiger partial charge in [-0.2, -0.15) is 0 Å². The third kappa shape index (κ3) is 5.34. The number of hydrogen-bond donors (Lipinski definition) is 1. The zero-order chi connectivity index (χ0) is 16.8. The summed E-state index contributed by atoms with van der Waals surface area (Å²) in [6.07, 6.45) is 7.67. The van der Waals surface area contributed by atoms with E-state index in [-0.39, 0.29) is 28.7 Å². The van der Waals surface area contributed by atoms with Crippen molar-refractivity contribution in [3.8, 4) is 0 Å². The van der Waals surface area contributed by atoms with Crippen molar-refractivity contribution < 1.29 is 13.9 Å². The zero-order valence-electron chi connectivity index (χ0n) is 13.7. The highest BCUT2D eigenvalue weighted by Crippen LogP contribution is 2.25. The Balaban J connectivity index is 2.10. The molecule has 1 fully saturated rings. The smallest absolute Gasteiger partial charge is 0.341 e. The molecule has 1 aliphatic carbocycles. The molecule has 128 valence electrons. The molecule has 1 aromatic rings. The lowest BCUT2D eigenvalue weighted by atomic mass is 9.97. The van der Waals surface area contributed by atoms with Crippen LogP contribution in [0.3, 0.4) is 0 Å². The fourth-order valence-electron chi connectivity index (χ4n) is 2.78. The largest absolute Gasteiger partial charge is 0.459 e. The van der Waals surface area contributed by atoms with Gasteiger partial charge in [-0.05, 0) is 32.8 Å². The first-order chi connectivity index (χ1) is 11.0. The van der Waals surface area contributed by atoms with Crippen LogP contribution in [0.5, 0.6) is 0 Å². The highest BCUT2D eigenvalue weighted by Gasteiger charge is 2.20. The normalized spacial score (nSPS) is 16.7. The van der Waals surface area contributed by atoms with Crippen LogP contribution < -0.4 is 5.32 Å². The van der Waals surface area contributed by atoms with E-state index in [4.69, 9.17) is 16.3 Å². The number of anilines is 1. The van der Waals surface area contributed by atoms with Gasteiger partial charge in [0.05, 0.1) is 6.10 Å². The van der Waals surface area contributed by atoms with Crippen molar-refractivity contribution in [2.45, 2.75) is 70.9 Å². The quantitative estimate of drug-likeness (QED) is 0.620. The fourth-order valence-corrected chi connectivity index (χ4v) is 3.00. The number of carbonyl (C=O) groups is 1. The Labute approximate surface area is 141 Å². The van der Waals surface area contributed by atoms with Gasteiger partial charge < -0.3 is 10.1 Å². The number of nitrogens with zero attached hydrogens (tertiary/aromatic N) is 1. The number of carbonyl (C=O) groups excluding carboxylic acids is 1. The second kappa shape index (κ2) is 8.48. The molecule has 0 bridgehead atoms. The molecule has 0 spiro atoms. The lowest BCUT2D eigenvalue weighted by Gasteiger charge is -2.22. The lowest BCUT2D eigenvalue weighted by molar-refractivity contribution is 0.0377. The highest BCUT2D eigenvalue weighted by molar-refractivity contribution is 6.32. The minimum Gasteiger partial charge on any atom is -0.459 e. The van der Waals surface area contributed by atoms with E-state index in [1.54, 1.807) is 13.8 Å². The SMILES string of the molecule is CC(C)OC(=O)c1cc(F)c(NC2CCCCCCC2)nc1Cl. The molecule has 2 rings (SSSR count). The van der Waals surface area contributed by atoms with Gasteiger partial charge in [0.1, 0.15) is 10.7 Å². The molecule has 0 amide bonds. The highest BCUT2D eigenvalue weighted by atomic mass is 35.5. The van der Waals surface area contributed by atoms with Crippen LogP contribution in [-0.2, 0) is 4.74 Å². The topological polar surface area (TPSA) is 51.2 Å². The van der Waals surface area contributed by atoms with Crippen LogP contribution in [0.2, 0.25) is 5.15 Å². The van der Waals surface area contributed by atoms with Gasteiger partial charge in [-0.1, -0.05) is 43.7 Å². The van der Waals surface area contributed by atoms with Crippen molar-refractivity contribution >= 4 is 23.4 Å². The maximum Gasteiger partial charge on any atom is 0.341 e. The van der Waals surface area contributed by atoms with Gasteiger partial charge in [0.15, 0.2) is 11.6 Å². The van der Waals surface area contributed by atoms with E-state index in [2.05, 4.69) is 10.3 Å². The summed E-state index contributed by atoms with van der Waals surface area (Å²) < 4.78 is 19.3. The lowest BCUT2D eigenvalue weighted by Crippen LogP contribution is -2.22. The van der Waals surface area contributed by atoms with Crippen molar-refractivity contribution in [1.29, 1.82) is 0 Å². The number of halogens is 2. The summed E-state index contributed by atoms with van der Waals surface area (Å²) in [7, 11) is 0. The van der Waals surface area contributed by atoms with E-state index in [1.807, 2.05) is 0 Å².